The zero-order valence-corrected chi connectivity index (χ0v) is 20.1. The Bertz CT molecular complexity index is 1270. The highest BCUT2D eigenvalue weighted by molar-refractivity contribution is 7.89. The Kier molecular flexibility index (Phi) is 7.32. The molecule has 1 N–H and O–H groups in total. The number of nitrogens with one attached hydrogen (secondary N) is 1. The minimum Gasteiger partial charge on any atom is -0.360 e. The van der Waals surface area contributed by atoms with Gasteiger partial charge in [-0.25, -0.2) is 12.8 Å². The van der Waals surface area contributed by atoms with Crippen LogP contribution in [-0.4, -0.2) is 68.0 Å². The van der Waals surface area contributed by atoms with Crippen molar-refractivity contribution in [1.82, 2.24) is 19.7 Å². The molecule has 3 aromatic rings. The second-order valence-electron chi connectivity index (χ2n) is 7.90. The van der Waals surface area contributed by atoms with E-state index in [1.54, 1.807) is 25.1 Å². The van der Waals surface area contributed by atoms with Gasteiger partial charge in [0.15, 0.2) is 0 Å². The summed E-state index contributed by atoms with van der Waals surface area (Å²) in [4.78, 5) is 15.0. The van der Waals surface area contributed by atoms with Crippen molar-refractivity contribution in [2.24, 2.45) is 0 Å². The first-order valence-electron chi connectivity index (χ1n) is 10.7. The fraction of sp³-hybridized carbons (Fsp3) is 0.304. The van der Waals surface area contributed by atoms with Crippen LogP contribution < -0.4 is 5.32 Å². The molecule has 2 aromatic carbocycles. The molecule has 11 heteroatoms. The summed E-state index contributed by atoms with van der Waals surface area (Å²) in [5.41, 5.74) is 1.34. The fourth-order valence-electron chi connectivity index (χ4n) is 3.84. The van der Waals surface area contributed by atoms with Crippen LogP contribution in [0.25, 0.3) is 11.3 Å². The van der Waals surface area contributed by atoms with Gasteiger partial charge in [-0.3, -0.25) is 9.69 Å². The summed E-state index contributed by atoms with van der Waals surface area (Å²) in [7, 11) is -3.66. The maximum Gasteiger partial charge on any atom is 0.257 e. The molecule has 0 atom stereocenters. The van der Waals surface area contributed by atoms with Crippen LogP contribution >= 0.6 is 11.6 Å². The van der Waals surface area contributed by atoms with Crippen LogP contribution in [0.1, 0.15) is 16.1 Å². The van der Waals surface area contributed by atoms with Crippen LogP contribution in [-0.2, 0) is 10.0 Å². The average Bonchev–Trinajstić information content (AvgIpc) is 3.21. The van der Waals surface area contributed by atoms with Crippen molar-refractivity contribution >= 4 is 27.5 Å². The topological polar surface area (TPSA) is 95.8 Å². The van der Waals surface area contributed by atoms with E-state index in [-0.39, 0.29) is 10.8 Å². The molecule has 0 aliphatic carbocycles. The molecule has 2 heterocycles. The van der Waals surface area contributed by atoms with Crippen LogP contribution in [0, 0.1) is 12.7 Å². The molecule has 1 aliphatic heterocycles. The van der Waals surface area contributed by atoms with E-state index in [1.165, 1.54) is 16.4 Å². The monoisotopic (exact) mass is 506 g/mol. The molecule has 1 fully saturated rings. The standard InChI is InChI=1S/C23H24ClFN4O4S/c1-16-21(22(27-33-16)19-4-2-3-5-20(19)24)23(30)26-10-11-28-12-14-29(15-13-28)34(31,32)18-8-6-17(25)7-9-18/h2-9H,10-15H2,1H3,(H,26,30). The van der Waals surface area contributed by atoms with Gasteiger partial charge in [-0.15, -0.1) is 0 Å². The van der Waals surface area contributed by atoms with Gasteiger partial charge >= 0.3 is 0 Å². The van der Waals surface area contributed by atoms with Gasteiger partial charge in [0.2, 0.25) is 10.0 Å². The van der Waals surface area contributed by atoms with Crippen molar-refractivity contribution < 1.29 is 22.1 Å². The second kappa shape index (κ2) is 10.2. The van der Waals surface area contributed by atoms with Crippen molar-refractivity contribution in [2.45, 2.75) is 11.8 Å². The zero-order chi connectivity index (χ0) is 24.3. The number of nitrogens with zero attached hydrogens (tertiary/aromatic N) is 3. The molecule has 1 amide bonds. The lowest BCUT2D eigenvalue weighted by Gasteiger charge is -2.33. The van der Waals surface area contributed by atoms with Crippen LogP contribution in [0.4, 0.5) is 4.39 Å². The number of piperazine rings is 1. The van der Waals surface area contributed by atoms with Crippen molar-refractivity contribution in [3.63, 3.8) is 0 Å². The maximum atomic E-state index is 13.1. The van der Waals surface area contributed by atoms with Gasteiger partial charge in [-0.2, -0.15) is 4.31 Å². The molecule has 180 valence electrons. The minimum absolute atomic E-state index is 0.0769. The average molecular weight is 507 g/mol. The molecule has 0 saturated carbocycles. The molecular weight excluding hydrogens is 483 g/mol. The largest absolute Gasteiger partial charge is 0.360 e. The Morgan fingerprint density at radius 3 is 2.47 bits per heavy atom. The Hall–Kier alpha value is -2.79. The number of hydrogen-bond donors (Lipinski definition) is 1. The quantitative estimate of drug-likeness (QED) is 0.529. The molecule has 1 aromatic heterocycles. The molecule has 0 spiro atoms. The van der Waals surface area contributed by atoms with Gasteiger partial charge < -0.3 is 9.84 Å². The molecule has 1 saturated heterocycles. The van der Waals surface area contributed by atoms with Crippen LogP contribution in [0.2, 0.25) is 5.02 Å². The van der Waals surface area contributed by atoms with Gasteiger partial charge in [-0.05, 0) is 37.3 Å². The lowest BCUT2D eigenvalue weighted by Crippen LogP contribution is -2.50. The van der Waals surface area contributed by atoms with Gasteiger partial charge in [0.1, 0.15) is 22.8 Å². The first kappa shape index (κ1) is 24.3. The van der Waals surface area contributed by atoms with Crippen LogP contribution in [0.3, 0.4) is 0 Å². The van der Waals surface area contributed by atoms with Gasteiger partial charge in [0.05, 0.1) is 9.92 Å². The van der Waals surface area contributed by atoms with Crippen molar-refractivity contribution in [1.29, 1.82) is 0 Å². The summed E-state index contributed by atoms with van der Waals surface area (Å²) in [6, 6.07) is 11.9. The Labute approximate surface area is 202 Å². The third kappa shape index (κ3) is 5.15. The first-order chi connectivity index (χ1) is 16.3. The summed E-state index contributed by atoms with van der Waals surface area (Å²) in [5.74, 6) is -0.399. The van der Waals surface area contributed by atoms with Crippen LogP contribution in [0.5, 0.6) is 0 Å². The van der Waals surface area contributed by atoms with E-state index < -0.39 is 15.8 Å². The normalized spacial score (nSPS) is 15.4. The summed E-state index contributed by atoms with van der Waals surface area (Å²) in [5, 5.41) is 7.37. The molecule has 4 rings (SSSR count). The SMILES string of the molecule is Cc1onc(-c2ccccc2Cl)c1C(=O)NCCN1CCN(S(=O)(=O)c2ccc(F)cc2)CC1. The number of halogens is 2. The van der Waals surface area contributed by atoms with E-state index in [4.69, 9.17) is 16.1 Å². The number of carbonyl (C=O) groups excluding carboxylic acids is 1. The first-order valence-corrected chi connectivity index (χ1v) is 12.6. The highest BCUT2D eigenvalue weighted by atomic mass is 35.5. The third-order valence-corrected chi connectivity index (χ3v) is 7.96. The molecule has 0 bridgehead atoms. The number of aromatic nitrogens is 1. The molecule has 1 aliphatic rings. The Morgan fingerprint density at radius 1 is 1.12 bits per heavy atom. The summed E-state index contributed by atoms with van der Waals surface area (Å²) < 4.78 is 45.3. The zero-order valence-electron chi connectivity index (χ0n) is 18.5. The van der Waals surface area contributed by atoms with E-state index >= 15 is 0 Å². The van der Waals surface area contributed by atoms with E-state index in [2.05, 4.69) is 15.4 Å². The van der Waals surface area contributed by atoms with E-state index in [1.807, 2.05) is 6.07 Å². The predicted octanol–water partition coefficient (Wildman–Crippen LogP) is 3.18. The number of aryl methyl sites for hydroxylation is 1. The molecule has 8 nitrogen and oxygen atoms in total. The van der Waals surface area contributed by atoms with E-state index in [0.717, 1.165) is 12.1 Å². The van der Waals surface area contributed by atoms with Crippen molar-refractivity contribution in [2.75, 3.05) is 39.3 Å². The number of carbonyl (C=O) groups is 1. The second-order valence-corrected chi connectivity index (χ2v) is 10.2. The predicted molar refractivity (Wildman–Crippen MR) is 126 cm³/mol. The molecule has 34 heavy (non-hydrogen) atoms. The number of benzene rings is 2. The summed E-state index contributed by atoms with van der Waals surface area (Å²) in [6.07, 6.45) is 0. The van der Waals surface area contributed by atoms with Crippen molar-refractivity contribution in [3.05, 3.63) is 70.7 Å². The van der Waals surface area contributed by atoms with E-state index in [9.17, 15) is 17.6 Å². The number of rotatable bonds is 7. The van der Waals surface area contributed by atoms with Crippen molar-refractivity contribution in [3.8, 4) is 11.3 Å². The van der Waals surface area contributed by atoms with Crippen LogP contribution in [0.15, 0.2) is 57.9 Å². The number of hydrogen-bond acceptors (Lipinski definition) is 6. The summed E-state index contributed by atoms with van der Waals surface area (Å²) in [6.45, 7) is 4.27. The smallest absolute Gasteiger partial charge is 0.257 e. The van der Waals surface area contributed by atoms with Gasteiger partial charge in [-0.1, -0.05) is 35.0 Å². The lowest BCUT2D eigenvalue weighted by molar-refractivity contribution is 0.0944. The van der Waals surface area contributed by atoms with Gasteiger partial charge in [0.25, 0.3) is 5.91 Å². The maximum absolute atomic E-state index is 13.1. The molecule has 0 radical (unpaired) electrons. The third-order valence-electron chi connectivity index (χ3n) is 5.72. The molecular formula is C23H24ClFN4O4S. The Morgan fingerprint density at radius 2 is 1.79 bits per heavy atom. The van der Waals surface area contributed by atoms with Gasteiger partial charge in [0, 0.05) is 44.8 Å². The van der Waals surface area contributed by atoms with E-state index in [0.29, 0.717) is 66.9 Å². The highest BCUT2D eigenvalue weighted by Gasteiger charge is 2.28. The summed E-state index contributed by atoms with van der Waals surface area (Å²) >= 11 is 6.26. The molecule has 0 unspecified atom stereocenters. The highest BCUT2D eigenvalue weighted by Crippen LogP contribution is 2.30. The number of amides is 1. The minimum atomic E-state index is -3.66. The number of sulfonamides is 1. The Balaban J connectivity index is 1.31. The fourth-order valence-corrected chi connectivity index (χ4v) is 5.49. The lowest BCUT2D eigenvalue weighted by atomic mass is 10.1.